The standard InChI is InChI=1S/C9H10BrFN2/c1-12-9(2-3-9)7-4-6(10)5-13-8(7)11/h4-5,12H,2-3H2,1H3. The monoisotopic (exact) mass is 244 g/mol. The van der Waals surface area contributed by atoms with E-state index in [-0.39, 0.29) is 11.5 Å². The van der Waals surface area contributed by atoms with Gasteiger partial charge in [0.2, 0.25) is 5.95 Å². The molecule has 13 heavy (non-hydrogen) atoms. The fraction of sp³-hybridized carbons (Fsp3) is 0.444. The lowest BCUT2D eigenvalue weighted by molar-refractivity contribution is 0.502. The van der Waals surface area contributed by atoms with Crippen molar-refractivity contribution in [3.63, 3.8) is 0 Å². The zero-order valence-electron chi connectivity index (χ0n) is 7.27. The Kier molecular flexibility index (Phi) is 2.12. The highest BCUT2D eigenvalue weighted by Crippen LogP contribution is 2.46. The van der Waals surface area contributed by atoms with Gasteiger partial charge in [0, 0.05) is 21.8 Å². The highest BCUT2D eigenvalue weighted by molar-refractivity contribution is 9.10. The lowest BCUT2D eigenvalue weighted by Crippen LogP contribution is -2.26. The van der Waals surface area contributed by atoms with Crippen LogP contribution in [0.4, 0.5) is 4.39 Å². The summed E-state index contributed by atoms with van der Waals surface area (Å²) in [6.45, 7) is 0. The summed E-state index contributed by atoms with van der Waals surface area (Å²) < 4.78 is 14.1. The Labute approximate surface area is 84.7 Å². The minimum atomic E-state index is -0.366. The van der Waals surface area contributed by atoms with E-state index in [0.717, 1.165) is 17.3 Å². The molecule has 1 aliphatic rings. The fourth-order valence-corrected chi connectivity index (χ4v) is 1.87. The van der Waals surface area contributed by atoms with Gasteiger partial charge in [-0.25, -0.2) is 4.98 Å². The zero-order valence-corrected chi connectivity index (χ0v) is 8.86. The average molecular weight is 245 g/mol. The topological polar surface area (TPSA) is 24.9 Å². The van der Waals surface area contributed by atoms with Crippen molar-refractivity contribution >= 4 is 15.9 Å². The normalized spacial score (nSPS) is 18.7. The first kappa shape index (κ1) is 9.09. The molecule has 0 unspecified atom stereocenters. The third-order valence-electron chi connectivity index (χ3n) is 2.55. The van der Waals surface area contributed by atoms with Crippen LogP contribution in [0.25, 0.3) is 0 Å². The Hall–Kier alpha value is -0.480. The van der Waals surface area contributed by atoms with E-state index < -0.39 is 0 Å². The molecular formula is C9H10BrFN2. The van der Waals surface area contributed by atoms with Gasteiger partial charge in [0.1, 0.15) is 0 Å². The van der Waals surface area contributed by atoms with Gasteiger partial charge in [-0.2, -0.15) is 4.39 Å². The van der Waals surface area contributed by atoms with Crippen LogP contribution >= 0.6 is 15.9 Å². The van der Waals surface area contributed by atoms with Crippen molar-refractivity contribution in [1.29, 1.82) is 0 Å². The van der Waals surface area contributed by atoms with Crippen LogP contribution in [0.3, 0.4) is 0 Å². The summed E-state index contributed by atoms with van der Waals surface area (Å²) in [5.41, 5.74) is 0.519. The number of nitrogens with zero attached hydrogens (tertiary/aromatic N) is 1. The zero-order chi connectivity index (χ0) is 9.47. The van der Waals surface area contributed by atoms with Gasteiger partial charge in [-0.15, -0.1) is 0 Å². The second-order valence-corrected chi connectivity index (χ2v) is 4.24. The number of rotatable bonds is 2. The molecule has 1 aromatic rings. The Morgan fingerprint density at radius 3 is 2.85 bits per heavy atom. The fourth-order valence-electron chi connectivity index (χ4n) is 1.54. The minimum Gasteiger partial charge on any atom is -0.310 e. The highest BCUT2D eigenvalue weighted by atomic mass is 79.9. The molecule has 1 aliphatic carbocycles. The minimum absolute atomic E-state index is 0.152. The van der Waals surface area contributed by atoms with Crippen LogP contribution in [0.5, 0.6) is 0 Å². The van der Waals surface area contributed by atoms with E-state index >= 15 is 0 Å². The predicted molar refractivity (Wildman–Crippen MR) is 51.9 cm³/mol. The molecular weight excluding hydrogens is 235 g/mol. The van der Waals surface area contributed by atoms with Crippen molar-refractivity contribution in [3.8, 4) is 0 Å². The van der Waals surface area contributed by atoms with E-state index in [1.165, 1.54) is 6.20 Å². The molecule has 1 N–H and O–H groups in total. The third-order valence-corrected chi connectivity index (χ3v) is 2.98. The van der Waals surface area contributed by atoms with Gasteiger partial charge in [0.25, 0.3) is 0 Å². The molecule has 0 radical (unpaired) electrons. The summed E-state index contributed by atoms with van der Waals surface area (Å²) in [5, 5.41) is 3.14. The van der Waals surface area contributed by atoms with Gasteiger partial charge >= 0.3 is 0 Å². The molecule has 0 saturated heterocycles. The Morgan fingerprint density at radius 1 is 1.62 bits per heavy atom. The molecule has 4 heteroatoms. The Morgan fingerprint density at radius 2 is 2.31 bits per heavy atom. The maximum absolute atomic E-state index is 13.3. The lowest BCUT2D eigenvalue weighted by atomic mass is 10.1. The number of halogens is 2. The first-order valence-electron chi connectivity index (χ1n) is 4.18. The molecule has 1 aromatic heterocycles. The largest absolute Gasteiger partial charge is 0.310 e. The molecule has 2 rings (SSSR count). The molecule has 0 aliphatic heterocycles. The Balaban J connectivity index is 2.44. The van der Waals surface area contributed by atoms with Crippen molar-refractivity contribution in [2.45, 2.75) is 18.4 Å². The summed E-state index contributed by atoms with van der Waals surface area (Å²) in [7, 11) is 1.85. The first-order chi connectivity index (χ1) is 6.18. The van der Waals surface area contributed by atoms with Crippen LogP contribution in [0.15, 0.2) is 16.7 Å². The summed E-state index contributed by atoms with van der Waals surface area (Å²) >= 11 is 3.29. The lowest BCUT2D eigenvalue weighted by Gasteiger charge is -2.14. The number of hydrogen-bond acceptors (Lipinski definition) is 2. The summed E-state index contributed by atoms with van der Waals surface area (Å²) in [4.78, 5) is 3.68. The molecule has 1 saturated carbocycles. The SMILES string of the molecule is CNC1(c2cc(Br)cnc2F)CC1. The van der Waals surface area contributed by atoms with Crippen LogP contribution in [0.2, 0.25) is 0 Å². The van der Waals surface area contributed by atoms with E-state index in [9.17, 15) is 4.39 Å². The van der Waals surface area contributed by atoms with Crippen molar-refractivity contribution in [1.82, 2.24) is 10.3 Å². The van der Waals surface area contributed by atoms with Crippen LogP contribution in [-0.4, -0.2) is 12.0 Å². The predicted octanol–water partition coefficient (Wildman–Crippen LogP) is 2.19. The summed E-state index contributed by atoms with van der Waals surface area (Å²) in [6, 6.07) is 1.80. The molecule has 1 fully saturated rings. The number of hydrogen-bond donors (Lipinski definition) is 1. The van der Waals surface area contributed by atoms with Crippen molar-refractivity contribution < 1.29 is 4.39 Å². The smallest absolute Gasteiger partial charge is 0.217 e. The van der Waals surface area contributed by atoms with Crippen LogP contribution in [0, 0.1) is 5.95 Å². The molecule has 0 amide bonds. The van der Waals surface area contributed by atoms with Crippen molar-refractivity contribution in [2.75, 3.05) is 7.05 Å². The van der Waals surface area contributed by atoms with Crippen molar-refractivity contribution in [3.05, 3.63) is 28.2 Å². The summed E-state index contributed by atoms with van der Waals surface area (Å²) in [5.74, 6) is -0.366. The van der Waals surface area contributed by atoms with Gasteiger partial charge < -0.3 is 5.32 Å². The number of nitrogens with one attached hydrogen (secondary N) is 1. The van der Waals surface area contributed by atoms with Gasteiger partial charge in [-0.05, 0) is 41.9 Å². The van der Waals surface area contributed by atoms with Crippen LogP contribution < -0.4 is 5.32 Å². The molecule has 70 valence electrons. The molecule has 0 atom stereocenters. The quantitative estimate of drug-likeness (QED) is 0.808. The summed E-state index contributed by atoms with van der Waals surface area (Å²) in [6.07, 6.45) is 3.45. The van der Waals surface area contributed by atoms with Gasteiger partial charge in [0.05, 0.1) is 0 Å². The second kappa shape index (κ2) is 3.03. The molecule has 0 bridgehead atoms. The van der Waals surface area contributed by atoms with E-state index in [1.54, 1.807) is 6.07 Å². The second-order valence-electron chi connectivity index (χ2n) is 3.32. The molecule has 2 nitrogen and oxygen atoms in total. The first-order valence-corrected chi connectivity index (χ1v) is 4.98. The van der Waals surface area contributed by atoms with Gasteiger partial charge in [0.15, 0.2) is 0 Å². The van der Waals surface area contributed by atoms with E-state index in [4.69, 9.17) is 0 Å². The highest BCUT2D eigenvalue weighted by Gasteiger charge is 2.45. The number of aromatic nitrogens is 1. The van der Waals surface area contributed by atoms with Gasteiger partial charge in [-0.3, -0.25) is 0 Å². The third kappa shape index (κ3) is 1.48. The maximum atomic E-state index is 13.3. The molecule has 1 heterocycles. The van der Waals surface area contributed by atoms with Crippen molar-refractivity contribution in [2.24, 2.45) is 0 Å². The average Bonchev–Trinajstić information content (AvgIpc) is 2.90. The van der Waals surface area contributed by atoms with Crippen LogP contribution in [0.1, 0.15) is 18.4 Å². The maximum Gasteiger partial charge on any atom is 0.217 e. The molecule has 0 spiro atoms. The van der Waals surface area contributed by atoms with E-state index in [2.05, 4.69) is 26.2 Å². The number of pyridine rings is 1. The van der Waals surface area contributed by atoms with E-state index in [0.29, 0.717) is 5.56 Å². The van der Waals surface area contributed by atoms with Gasteiger partial charge in [-0.1, -0.05) is 0 Å². The van der Waals surface area contributed by atoms with E-state index in [1.807, 2.05) is 7.05 Å². The Bertz CT molecular complexity index is 336. The van der Waals surface area contributed by atoms with Crippen LogP contribution in [-0.2, 0) is 5.54 Å². The molecule has 0 aromatic carbocycles.